The van der Waals surface area contributed by atoms with Crippen LogP contribution in [0.25, 0.3) is 0 Å². The van der Waals surface area contributed by atoms with Crippen LogP contribution < -0.4 is 11.1 Å². The molecule has 2 amide bonds. The van der Waals surface area contributed by atoms with Gasteiger partial charge in [0.05, 0.1) is 11.8 Å². The molecule has 0 unspecified atom stereocenters. The van der Waals surface area contributed by atoms with Gasteiger partial charge in [-0.3, -0.25) is 14.7 Å². The SMILES string of the molecule is C[C@H](OC(N)=O)C(=O)Cc1c(Cl)ccc(F)c1C(=O)Nc1ccn[nH]1. The van der Waals surface area contributed by atoms with Crippen molar-refractivity contribution >= 4 is 35.2 Å². The van der Waals surface area contributed by atoms with Gasteiger partial charge in [-0.2, -0.15) is 5.10 Å². The van der Waals surface area contributed by atoms with Gasteiger partial charge in [0.25, 0.3) is 5.91 Å². The molecule has 8 nitrogen and oxygen atoms in total. The summed E-state index contributed by atoms with van der Waals surface area (Å²) in [5.74, 6) is -2.02. The molecule has 10 heteroatoms. The number of anilines is 1. The fraction of sp³-hybridized carbons (Fsp3) is 0.200. The molecular weight excluding hydrogens is 355 g/mol. The van der Waals surface area contributed by atoms with Gasteiger partial charge < -0.3 is 15.8 Å². The van der Waals surface area contributed by atoms with Crippen LogP contribution in [-0.4, -0.2) is 34.1 Å². The van der Waals surface area contributed by atoms with Gasteiger partial charge in [-0.1, -0.05) is 11.6 Å². The molecule has 0 saturated heterocycles. The molecule has 4 N–H and O–H groups in total. The second-order valence-electron chi connectivity index (χ2n) is 5.03. The number of nitrogens with one attached hydrogen (secondary N) is 2. The van der Waals surface area contributed by atoms with E-state index in [2.05, 4.69) is 20.3 Å². The lowest BCUT2D eigenvalue weighted by molar-refractivity contribution is -0.125. The number of halogens is 2. The number of nitrogens with zero attached hydrogens (tertiary/aromatic N) is 1. The first-order valence-electron chi connectivity index (χ1n) is 7.06. The van der Waals surface area contributed by atoms with Gasteiger partial charge in [-0.15, -0.1) is 0 Å². The highest BCUT2D eigenvalue weighted by Gasteiger charge is 2.25. The summed E-state index contributed by atoms with van der Waals surface area (Å²) in [4.78, 5) is 35.2. The normalized spacial score (nSPS) is 11.6. The van der Waals surface area contributed by atoms with Crippen molar-refractivity contribution in [3.8, 4) is 0 Å². The number of hydrogen-bond donors (Lipinski definition) is 3. The molecule has 1 aromatic carbocycles. The van der Waals surface area contributed by atoms with E-state index < -0.39 is 36.1 Å². The minimum Gasteiger partial charge on any atom is -0.439 e. The third kappa shape index (κ3) is 4.54. The molecule has 0 aliphatic carbocycles. The lowest BCUT2D eigenvalue weighted by Gasteiger charge is -2.14. The summed E-state index contributed by atoms with van der Waals surface area (Å²) in [6.45, 7) is 1.31. The lowest BCUT2D eigenvalue weighted by Crippen LogP contribution is -2.29. The Morgan fingerprint density at radius 3 is 2.72 bits per heavy atom. The Labute approximate surface area is 146 Å². The van der Waals surface area contributed by atoms with E-state index in [0.717, 1.165) is 6.07 Å². The summed E-state index contributed by atoms with van der Waals surface area (Å²) in [5.41, 5.74) is 4.45. The van der Waals surface area contributed by atoms with Gasteiger partial charge in [0, 0.05) is 17.5 Å². The zero-order valence-corrected chi connectivity index (χ0v) is 13.8. The maximum absolute atomic E-state index is 14.2. The number of nitrogens with two attached hydrogens (primary N) is 1. The molecule has 0 radical (unpaired) electrons. The van der Waals surface area contributed by atoms with Gasteiger partial charge >= 0.3 is 6.09 Å². The highest BCUT2D eigenvalue weighted by molar-refractivity contribution is 6.32. The number of carbonyl (C=O) groups is 3. The average Bonchev–Trinajstić information content (AvgIpc) is 3.03. The molecule has 0 saturated carbocycles. The van der Waals surface area contributed by atoms with Crippen molar-refractivity contribution in [3.05, 3.63) is 46.4 Å². The number of ketones is 1. The second-order valence-corrected chi connectivity index (χ2v) is 5.44. The number of primary amides is 1. The standard InChI is InChI=1S/C15H14ClFN4O4/c1-7(25-15(18)24)11(22)6-8-9(16)2-3-10(17)13(8)14(23)20-12-4-5-19-21-12/h2-5,7H,6H2,1H3,(H2,18,24)(H2,19,20,21,23)/t7-/m0/s1. The Morgan fingerprint density at radius 1 is 1.40 bits per heavy atom. The second kappa shape index (κ2) is 7.75. The first-order chi connectivity index (χ1) is 11.8. The van der Waals surface area contributed by atoms with E-state index in [4.69, 9.17) is 17.3 Å². The van der Waals surface area contributed by atoms with Crippen LogP contribution in [0.4, 0.5) is 15.0 Å². The maximum atomic E-state index is 14.2. The summed E-state index contributed by atoms with van der Waals surface area (Å²) in [7, 11) is 0. The predicted octanol–water partition coefficient (Wildman–Crippen LogP) is 2.05. The Morgan fingerprint density at radius 2 is 2.12 bits per heavy atom. The van der Waals surface area contributed by atoms with E-state index in [1.807, 2.05) is 0 Å². The number of benzene rings is 1. The number of amides is 2. The number of aromatic nitrogens is 2. The largest absolute Gasteiger partial charge is 0.439 e. The number of rotatable bonds is 6. The number of aromatic amines is 1. The Bertz CT molecular complexity index is 810. The Hall–Kier alpha value is -2.94. The Kier molecular flexibility index (Phi) is 5.71. The molecule has 0 aliphatic heterocycles. The number of hydrogen-bond acceptors (Lipinski definition) is 5. The Balaban J connectivity index is 2.31. The van der Waals surface area contributed by atoms with E-state index in [1.54, 1.807) is 0 Å². The van der Waals surface area contributed by atoms with Crippen LogP contribution in [0, 0.1) is 5.82 Å². The summed E-state index contributed by atoms with van der Waals surface area (Å²) in [5, 5.41) is 8.59. The summed E-state index contributed by atoms with van der Waals surface area (Å²) < 4.78 is 18.8. The number of carbonyl (C=O) groups excluding carboxylic acids is 3. The first kappa shape index (κ1) is 18.4. The fourth-order valence-corrected chi connectivity index (χ4v) is 2.30. The smallest absolute Gasteiger partial charge is 0.405 e. The van der Waals surface area contributed by atoms with Gasteiger partial charge in [-0.05, 0) is 24.6 Å². The van der Waals surface area contributed by atoms with Gasteiger partial charge in [0.1, 0.15) is 11.6 Å². The topological polar surface area (TPSA) is 127 Å². The summed E-state index contributed by atoms with van der Waals surface area (Å²) >= 11 is 6.03. The highest BCUT2D eigenvalue weighted by Crippen LogP contribution is 2.25. The zero-order valence-electron chi connectivity index (χ0n) is 13.0. The quantitative estimate of drug-likeness (QED) is 0.719. The number of H-pyrrole nitrogens is 1. The molecule has 1 atom stereocenters. The fourth-order valence-electron chi connectivity index (χ4n) is 2.08. The first-order valence-corrected chi connectivity index (χ1v) is 7.43. The van der Waals surface area contributed by atoms with E-state index >= 15 is 0 Å². The van der Waals surface area contributed by atoms with Crippen molar-refractivity contribution < 1.29 is 23.5 Å². The third-order valence-corrected chi connectivity index (χ3v) is 3.63. The monoisotopic (exact) mass is 368 g/mol. The van der Waals surface area contributed by atoms with Crippen molar-refractivity contribution in [2.75, 3.05) is 5.32 Å². The van der Waals surface area contributed by atoms with Crippen LogP contribution in [-0.2, 0) is 16.0 Å². The molecule has 0 bridgehead atoms. The average molecular weight is 369 g/mol. The molecule has 2 rings (SSSR count). The minimum absolute atomic E-state index is 0.0239. The van der Waals surface area contributed by atoms with Crippen LogP contribution >= 0.6 is 11.6 Å². The third-order valence-electron chi connectivity index (χ3n) is 3.28. The molecule has 2 aromatic rings. The van der Waals surface area contributed by atoms with E-state index in [1.165, 1.54) is 25.3 Å². The van der Waals surface area contributed by atoms with Gasteiger partial charge in [0.15, 0.2) is 11.9 Å². The van der Waals surface area contributed by atoms with Crippen LogP contribution in [0.5, 0.6) is 0 Å². The zero-order chi connectivity index (χ0) is 18.6. The van der Waals surface area contributed by atoms with Gasteiger partial charge in [-0.25, -0.2) is 9.18 Å². The van der Waals surface area contributed by atoms with Gasteiger partial charge in [0.2, 0.25) is 0 Å². The van der Waals surface area contributed by atoms with Crippen molar-refractivity contribution in [3.63, 3.8) is 0 Å². The number of ether oxygens (including phenoxy) is 1. The van der Waals surface area contributed by atoms with Crippen LogP contribution in [0.3, 0.4) is 0 Å². The molecule has 0 fully saturated rings. The molecule has 0 aliphatic rings. The molecule has 1 heterocycles. The van der Waals surface area contributed by atoms with Crippen LogP contribution in [0.1, 0.15) is 22.8 Å². The summed E-state index contributed by atoms with van der Waals surface area (Å²) in [6.07, 6.45) is -1.31. The van der Waals surface area contributed by atoms with E-state index in [9.17, 15) is 18.8 Å². The van der Waals surface area contributed by atoms with E-state index in [0.29, 0.717) is 0 Å². The predicted molar refractivity (Wildman–Crippen MR) is 86.8 cm³/mol. The lowest BCUT2D eigenvalue weighted by atomic mass is 9.99. The number of Topliss-reactive ketones (excluding diaryl/α,β-unsaturated/α-hetero) is 1. The van der Waals surface area contributed by atoms with E-state index in [-0.39, 0.29) is 22.0 Å². The van der Waals surface area contributed by atoms with Crippen LogP contribution in [0.15, 0.2) is 24.4 Å². The maximum Gasteiger partial charge on any atom is 0.405 e. The molecule has 1 aromatic heterocycles. The highest BCUT2D eigenvalue weighted by atomic mass is 35.5. The molecule has 132 valence electrons. The molecule has 25 heavy (non-hydrogen) atoms. The molecule has 0 spiro atoms. The minimum atomic E-state index is -1.17. The van der Waals surface area contributed by atoms with Crippen molar-refractivity contribution in [2.45, 2.75) is 19.4 Å². The van der Waals surface area contributed by atoms with Crippen molar-refractivity contribution in [2.24, 2.45) is 5.73 Å². The van der Waals surface area contributed by atoms with Crippen molar-refractivity contribution in [1.82, 2.24) is 10.2 Å². The molecular formula is C15H14ClFN4O4. The van der Waals surface area contributed by atoms with Crippen molar-refractivity contribution in [1.29, 1.82) is 0 Å². The van der Waals surface area contributed by atoms with Crippen LogP contribution in [0.2, 0.25) is 5.02 Å². The summed E-state index contributed by atoms with van der Waals surface area (Å²) in [6, 6.07) is 3.71.